The molecule has 0 aliphatic heterocycles. The number of rotatable bonds is 6. The quantitative estimate of drug-likeness (QED) is 0.558. The highest BCUT2D eigenvalue weighted by Crippen LogP contribution is 2.29. The maximum atomic E-state index is 14.1. The van der Waals surface area contributed by atoms with Crippen LogP contribution in [0.2, 0.25) is 10.0 Å². The molecule has 11 heteroatoms. The molecule has 2 aromatic heterocycles. The maximum absolute atomic E-state index is 14.1. The normalized spacial score (nSPS) is 12.6. The second kappa shape index (κ2) is 7.97. The van der Waals surface area contributed by atoms with E-state index in [1.54, 1.807) is 12.3 Å². The van der Waals surface area contributed by atoms with Crippen molar-refractivity contribution < 1.29 is 12.8 Å². The van der Waals surface area contributed by atoms with E-state index in [1.165, 1.54) is 47.3 Å². The minimum atomic E-state index is -4.02. The standard InChI is InChI=1S/C16H13Cl2FN4O2S2/c1-9(12-4-10(17)2-3-13(12)19)22-16-14(5-11(18)6-20-16)27(24,25)23-15-7-26-8-21-15/h2-9,23H,1H3,(H,20,22)/t9-/m0/s1. The lowest BCUT2D eigenvalue weighted by atomic mass is 10.1. The van der Waals surface area contributed by atoms with Gasteiger partial charge in [0.2, 0.25) is 0 Å². The van der Waals surface area contributed by atoms with E-state index in [4.69, 9.17) is 23.2 Å². The first kappa shape index (κ1) is 19.8. The highest BCUT2D eigenvalue weighted by atomic mass is 35.5. The highest BCUT2D eigenvalue weighted by molar-refractivity contribution is 7.92. The number of aromatic nitrogens is 2. The van der Waals surface area contributed by atoms with Crippen molar-refractivity contribution in [1.29, 1.82) is 0 Å². The van der Waals surface area contributed by atoms with Crippen molar-refractivity contribution in [3.63, 3.8) is 0 Å². The van der Waals surface area contributed by atoms with Gasteiger partial charge in [0.1, 0.15) is 16.5 Å². The molecule has 1 aromatic carbocycles. The Labute approximate surface area is 169 Å². The van der Waals surface area contributed by atoms with Gasteiger partial charge in [-0.2, -0.15) is 0 Å². The van der Waals surface area contributed by atoms with Crippen molar-refractivity contribution >= 4 is 56.2 Å². The van der Waals surface area contributed by atoms with Crippen LogP contribution in [0.25, 0.3) is 0 Å². The number of benzene rings is 1. The SMILES string of the molecule is C[C@H](Nc1ncc(Cl)cc1S(=O)(=O)Nc1cscn1)c1cc(Cl)ccc1F. The molecule has 27 heavy (non-hydrogen) atoms. The molecule has 0 saturated heterocycles. The Morgan fingerprint density at radius 2 is 1.96 bits per heavy atom. The molecule has 142 valence electrons. The van der Waals surface area contributed by atoms with Gasteiger partial charge in [-0.1, -0.05) is 23.2 Å². The van der Waals surface area contributed by atoms with E-state index in [9.17, 15) is 12.8 Å². The third kappa shape index (κ3) is 4.67. The molecule has 0 saturated carbocycles. The lowest BCUT2D eigenvalue weighted by Crippen LogP contribution is -2.18. The first-order valence-electron chi connectivity index (χ1n) is 7.54. The molecule has 0 fully saturated rings. The van der Waals surface area contributed by atoms with Gasteiger partial charge in [-0.05, 0) is 31.2 Å². The van der Waals surface area contributed by atoms with E-state index >= 15 is 0 Å². The first-order valence-corrected chi connectivity index (χ1v) is 10.7. The van der Waals surface area contributed by atoms with Crippen LogP contribution in [0.5, 0.6) is 0 Å². The summed E-state index contributed by atoms with van der Waals surface area (Å²) >= 11 is 13.1. The number of nitrogens with one attached hydrogen (secondary N) is 2. The summed E-state index contributed by atoms with van der Waals surface area (Å²) in [6.07, 6.45) is 1.30. The van der Waals surface area contributed by atoms with E-state index in [2.05, 4.69) is 20.0 Å². The summed E-state index contributed by atoms with van der Waals surface area (Å²) in [5, 5.41) is 4.95. The molecule has 2 N–H and O–H groups in total. The van der Waals surface area contributed by atoms with Crippen LogP contribution >= 0.6 is 34.5 Å². The maximum Gasteiger partial charge on any atom is 0.266 e. The minimum Gasteiger partial charge on any atom is -0.362 e. The second-order valence-electron chi connectivity index (χ2n) is 5.51. The number of halogens is 3. The highest BCUT2D eigenvalue weighted by Gasteiger charge is 2.23. The summed E-state index contributed by atoms with van der Waals surface area (Å²) in [7, 11) is -4.02. The average molecular weight is 447 g/mol. The monoisotopic (exact) mass is 446 g/mol. The van der Waals surface area contributed by atoms with Crippen molar-refractivity contribution in [3.05, 3.63) is 62.8 Å². The smallest absolute Gasteiger partial charge is 0.266 e. The third-order valence-electron chi connectivity index (χ3n) is 3.56. The Morgan fingerprint density at radius 3 is 2.67 bits per heavy atom. The van der Waals surface area contributed by atoms with Gasteiger partial charge in [-0.3, -0.25) is 4.72 Å². The van der Waals surface area contributed by atoms with Gasteiger partial charge in [-0.25, -0.2) is 22.8 Å². The fourth-order valence-corrected chi connectivity index (χ4v) is 4.43. The molecule has 6 nitrogen and oxygen atoms in total. The Balaban J connectivity index is 1.95. The van der Waals surface area contributed by atoms with Gasteiger partial charge in [0, 0.05) is 22.2 Å². The van der Waals surface area contributed by atoms with Crippen LogP contribution in [0, 0.1) is 5.82 Å². The predicted molar refractivity (Wildman–Crippen MR) is 106 cm³/mol. The lowest BCUT2D eigenvalue weighted by Gasteiger charge is -2.18. The molecular formula is C16H13Cl2FN4O2S2. The zero-order valence-corrected chi connectivity index (χ0v) is 16.9. The number of thiazole rings is 1. The van der Waals surface area contributed by atoms with E-state index in [1.807, 2.05) is 0 Å². The van der Waals surface area contributed by atoms with Gasteiger partial charge in [-0.15, -0.1) is 11.3 Å². The van der Waals surface area contributed by atoms with Crippen molar-refractivity contribution in [2.75, 3.05) is 10.0 Å². The lowest BCUT2D eigenvalue weighted by molar-refractivity contribution is 0.598. The fourth-order valence-electron chi connectivity index (χ4n) is 2.32. The largest absolute Gasteiger partial charge is 0.362 e. The molecule has 3 rings (SSSR count). The number of pyridine rings is 1. The number of nitrogens with zero attached hydrogens (tertiary/aromatic N) is 2. The van der Waals surface area contributed by atoms with Gasteiger partial charge in [0.25, 0.3) is 10.0 Å². The van der Waals surface area contributed by atoms with E-state index < -0.39 is 21.9 Å². The fraction of sp³-hybridized carbons (Fsp3) is 0.125. The molecule has 0 unspecified atom stereocenters. The molecule has 0 aliphatic carbocycles. The predicted octanol–water partition coefficient (Wildman–Crippen LogP) is 4.96. The molecule has 3 aromatic rings. The van der Waals surface area contributed by atoms with Crippen LogP contribution < -0.4 is 10.0 Å². The third-order valence-corrected chi connectivity index (χ3v) is 5.95. The first-order chi connectivity index (χ1) is 12.8. The van der Waals surface area contributed by atoms with E-state index in [0.717, 1.165) is 0 Å². The molecule has 0 bridgehead atoms. The van der Waals surface area contributed by atoms with Crippen LogP contribution in [0.1, 0.15) is 18.5 Å². The number of hydrogen-bond acceptors (Lipinski definition) is 6. The van der Waals surface area contributed by atoms with Crippen molar-refractivity contribution in [2.24, 2.45) is 0 Å². The van der Waals surface area contributed by atoms with Gasteiger partial charge in [0.15, 0.2) is 5.82 Å². The Hall–Kier alpha value is -1.94. The van der Waals surface area contributed by atoms with Crippen LogP contribution in [0.15, 0.2) is 46.2 Å². The molecule has 0 radical (unpaired) electrons. The van der Waals surface area contributed by atoms with Crippen LogP contribution in [-0.2, 0) is 10.0 Å². The van der Waals surface area contributed by atoms with Crippen molar-refractivity contribution in [2.45, 2.75) is 17.9 Å². The summed E-state index contributed by atoms with van der Waals surface area (Å²) in [6.45, 7) is 1.66. The van der Waals surface area contributed by atoms with Crippen LogP contribution in [0.3, 0.4) is 0 Å². The molecule has 0 amide bonds. The zero-order chi connectivity index (χ0) is 19.6. The van der Waals surface area contributed by atoms with E-state index in [-0.39, 0.29) is 27.1 Å². The molecule has 1 atom stereocenters. The van der Waals surface area contributed by atoms with Gasteiger partial charge in [0.05, 0.1) is 16.6 Å². The average Bonchev–Trinajstić information content (AvgIpc) is 3.10. The summed E-state index contributed by atoms with van der Waals surface area (Å²) in [6, 6.07) is 4.79. The van der Waals surface area contributed by atoms with Gasteiger partial charge < -0.3 is 5.32 Å². The minimum absolute atomic E-state index is 0.0222. The molecule has 2 heterocycles. The summed E-state index contributed by atoms with van der Waals surface area (Å²) in [4.78, 5) is 7.77. The van der Waals surface area contributed by atoms with Gasteiger partial charge >= 0.3 is 0 Å². The number of hydrogen-bond donors (Lipinski definition) is 2. The summed E-state index contributed by atoms with van der Waals surface area (Å²) < 4.78 is 41.9. The van der Waals surface area contributed by atoms with Crippen LogP contribution in [-0.4, -0.2) is 18.4 Å². The zero-order valence-electron chi connectivity index (χ0n) is 13.8. The van der Waals surface area contributed by atoms with E-state index in [0.29, 0.717) is 5.02 Å². The number of anilines is 2. The Kier molecular flexibility index (Phi) is 5.85. The van der Waals surface area contributed by atoms with Crippen LogP contribution in [0.4, 0.5) is 16.0 Å². The Morgan fingerprint density at radius 1 is 1.19 bits per heavy atom. The molecule has 0 aliphatic rings. The second-order valence-corrected chi connectivity index (χ2v) is 8.75. The number of sulfonamides is 1. The topological polar surface area (TPSA) is 84.0 Å². The summed E-state index contributed by atoms with van der Waals surface area (Å²) in [5.41, 5.74) is 1.77. The summed E-state index contributed by atoms with van der Waals surface area (Å²) in [5.74, 6) is -0.271. The molecular weight excluding hydrogens is 434 g/mol. The Bertz CT molecular complexity index is 1060. The van der Waals surface area contributed by atoms with Crippen molar-refractivity contribution in [3.8, 4) is 0 Å². The molecule has 0 spiro atoms. The van der Waals surface area contributed by atoms with Crippen molar-refractivity contribution in [1.82, 2.24) is 9.97 Å².